The van der Waals surface area contributed by atoms with Crippen molar-refractivity contribution in [3.05, 3.63) is 42.4 Å². The van der Waals surface area contributed by atoms with Crippen molar-refractivity contribution in [2.75, 3.05) is 27.3 Å². The molecule has 3 saturated heterocycles. The molecule has 5 heterocycles. The fourth-order valence-electron chi connectivity index (χ4n) is 8.45. The highest BCUT2D eigenvalue weighted by Crippen LogP contribution is 2.40. The van der Waals surface area contributed by atoms with E-state index in [1.807, 2.05) is 32.0 Å². The van der Waals surface area contributed by atoms with Gasteiger partial charge in [-0.3, -0.25) is 9.59 Å². The number of likely N-dealkylation sites (N-methyl/N-ethyl adjacent to an activating group) is 1. The Kier molecular flexibility index (Phi) is 14.3. The lowest BCUT2D eigenvalue weighted by molar-refractivity contribution is -0.296. The summed E-state index contributed by atoms with van der Waals surface area (Å²) in [5.41, 5.74) is -5.98. The zero-order valence-corrected chi connectivity index (χ0v) is 35.2. The third-order valence-corrected chi connectivity index (χ3v) is 11.8. The predicted octanol–water partition coefficient (Wildman–Crippen LogP) is 3.38. The first-order chi connectivity index (χ1) is 27.2. The molecule has 0 saturated carbocycles. The third kappa shape index (κ3) is 9.67. The molecular weight excluding hydrogens is 757 g/mol. The first kappa shape index (κ1) is 45.4. The van der Waals surface area contributed by atoms with E-state index in [-0.39, 0.29) is 50.3 Å². The van der Waals surface area contributed by atoms with Crippen molar-refractivity contribution < 1.29 is 57.5 Å². The number of hydrogen-bond acceptors (Lipinski definition) is 15. The number of alkyl halides is 1. The molecular formula is C41H60FN5O11. The van der Waals surface area contributed by atoms with Crippen molar-refractivity contribution in [1.82, 2.24) is 19.7 Å². The quantitative estimate of drug-likeness (QED) is 0.224. The van der Waals surface area contributed by atoms with Gasteiger partial charge in [0.1, 0.15) is 35.9 Å². The number of carbonyl (C=O) groups is 3. The van der Waals surface area contributed by atoms with E-state index in [4.69, 9.17) is 28.5 Å². The minimum Gasteiger partial charge on any atom is -0.457 e. The number of hydrogen-bond donors (Lipinski definition) is 2. The Morgan fingerprint density at radius 2 is 1.81 bits per heavy atom. The van der Waals surface area contributed by atoms with Crippen LogP contribution in [-0.2, 0) is 49.5 Å². The molecule has 5 rings (SSSR count). The average Bonchev–Trinajstić information content (AvgIpc) is 3.72. The number of esters is 1. The zero-order chi connectivity index (χ0) is 42.7. The molecule has 16 nitrogen and oxygen atoms in total. The summed E-state index contributed by atoms with van der Waals surface area (Å²) in [5.74, 6) is -5.65. The summed E-state index contributed by atoms with van der Waals surface area (Å²) >= 11 is 0. The molecule has 2 aromatic rings. The summed E-state index contributed by atoms with van der Waals surface area (Å²) in [6.45, 7) is 11.3. The fraction of sp³-hybridized carbons (Fsp3) is 0.707. The number of aromatic nitrogens is 3. The number of cyclic esters (lactones) is 1. The zero-order valence-electron chi connectivity index (χ0n) is 35.2. The van der Waals surface area contributed by atoms with Gasteiger partial charge in [0, 0.05) is 47.9 Å². The number of ketones is 2. The highest BCUT2D eigenvalue weighted by Gasteiger charge is 2.57. The lowest BCUT2D eigenvalue weighted by Crippen LogP contribution is -2.61. The largest absolute Gasteiger partial charge is 0.457 e. The van der Waals surface area contributed by atoms with E-state index in [0.29, 0.717) is 17.8 Å². The molecule has 0 radical (unpaired) electrons. The number of aliphatic hydroxyl groups excluding tert-OH is 1. The highest BCUT2D eigenvalue weighted by atomic mass is 19.1. The Bertz CT molecular complexity index is 1760. The number of oxime groups is 1. The van der Waals surface area contributed by atoms with Crippen molar-refractivity contribution >= 4 is 23.2 Å². The van der Waals surface area contributed by atoms with Gasteiger partial charge in [-0.2, -0.15) is 5.10 Å². The summed E-state index contributed by atoms with van der Waals surface area (Å²) in [7, 11) is 3.62. The highest BCUT2D eigenvalue weighted by molar-refractivity contribution is 6.07. The van der Waals surface area contributed by atoms with Crippen LogP contribution < -0.4 is 0 Å². The maximum absolute atomic E-state index is 16.8. The van der Waals surface area contributed by atoms with Crippen LogP contribution >= 0.6 is 0 Å². The average molecular weight is 818 g/mol. The molecule has 0 aliphatic carbocycles. The van der Waals surface area contributed by atoms with Crippen LogP contribution in [0.25, 0.3) is 5.82 Å². The summed E-state index contributed by atoms with van der Waals surface area (Å²) in [6, 6.07) is 4.97. The molecule has 3 aliphatic heterocycles. The summed E-state index contributed by atoms with van der Waals surface area (Å²) in [5, 5.41) is 32.2. The Morgan fingerprint density at radius 3 is 2.43 bits per heavy atom. The molecule has 13 atom stereocenters. The molecule has 2 aromatic heterocycles. The maximum atomic E-state index is 16.8. The lowest BCUT2D eigenvalue weighted by Gasteiger charge is -2.47. The number of rotatable bonds is 8. The summed E-state index contributed by atoms with van der Waals surface area (Å²) in [6.07, 6.45) is -1.58. The second-order valence-corrected chi connectivity index (χ2v) is 16.8. The van der Waals surface area contributed by atoms with E-state index >= 15 is 4.39 Å². The number of ether oxygens (including phenoxy) is 5. The van der Waals surface area contributed by atoms with Gasteiger partial charge in [-0.1, -0.05) is 38.9 Å². The second kappa shape index (κ2) is 18.3. The van der Waals surface area contributed by atoms with E-state index < -0.39 is 83.1 Å². The number of carbonyl (C=O) groups excluding carboxylic acids is 3. The van der Waals surface area contributed by atoms with Gasteiger partial charge in [0.05, 0.1) is 37.1 Å². The van der Waals surface area contributed by atoms with Gasteiger partial charge < -0.3 is 43.6 Å². The number of aliphatic hydroxyl groups is 2. The van der Waals surface area contributed by atoms with Gasteiger partial charge in [0.2, 0.25) is 0 Å². The molecule has 17 heteroatoms. The van der Waals surface area contributed by atoms with Crippen LogP contribution in [0.3, 0.4) is 0 Å². The SMILES string of the molecule is CC[C@H]1OC(=O)[C@@](C)(F)C(=O)[C@H](C)[C@@H](O[C@@H]2O[C@H](C)C[C@H](N(C)C)[C@H]2O)[C@@]2(C)C[C@@H](C)C(=O)[C@H](C)[C@@H](OC/C(=N\OCc3ccc(-n4cccn4)nc3)CO2)[C@]1(C)O. The normalized spacial score (nSPS) is 39.1. The number of halogens is 1. The molecule has 2 N–H and O–H groups in total. The first-order valence-corrected chi connectivity index (χ1v) is 19.9. The Balaban J connectivity index is 1.60. The Morgan fingerprint density at radius 1 is 1.09 bits per heavy atom. The Hall–Kier alpha value is -3.71. The van der Waals surface area contributed by atoms with Gasteiger partial charge in [-0.15, -0.1) is 0 Å². The van der Waals surface area contributed by atoms with Gasteiger partial charge in [0.15, 0.2) is 17.9 Å². The van der Waals surface area contributed by atoms with Crippen molar-refractivity contribution in [1.29, 1.82) is 0 Å². The van der Waals surface area contributed by atoms with Gasteiger partial charge >= 0.3 is 5.97 Å². The summed E-state index contributed by atoms with van der Waals surface area (Å²) in [4.78, 5) is 54.4. The van der Waals surface area contributed by atoms with E-state index in [1.54, 1.807) is 63.1 Å². The van der Waals surface area contributed by atoms with E-state index in [9.17, 15) is 24.6 Å². The second-order valence-electron chi connectivity index (χ2n) is 16.8. The predicted molar refractivity (Wildman–Crippen MR) is 207 cm³/mol. The van der Waals surface area contributed by atoms with Crippen LogP contribution in [0.15, 0.2) is 41.9 Å². The van der Waals surface area contributed by atoms with Crippen LogP contribution in [0.1, 0.15) is 80.2 Å². The molecule has 0 aromatic carbocycles. The smallest absolute Gasteiger partial charge is 0.351 e. The lowest BCUT2D eigenvalue weighted by atomic mass is 9.74. The minimum absolute atomic E-state index is 0.00255. The van der Waals surface area contributed by atoms with Crippen LogP contribution in [-0.4, -0.2) is 140 Å². The molecule has 0 spiro atoms. The van der Waals surface area contributed by atoms with E-state index in [1.165, 1.54) is 13.8 Å². The minimum atomic E-state index is -3.21. The monoisotopic (exact) mass is 817 g/mol. The fourth-order valence-corrected chi connectivity index (χ4v) is 8.45. The number of pyridine rings is 1. The topological polar surface area (TPSA) is 193 Å². The van der Waals surface area contributed by atoms with Gasteiger partial charge in [0.25, 0.3) is 5.67 Å². The molecule has 3 fully saturated rings. The van der Waals surface area contributed by atoms with Crippen LogP contribution in [0.5, 0.6) is 0 Å². The summed E-state index contributed by atoms with van der Waals surface area (Å²) < 4.78 is 49.7. The third-order valence-electron chi connectivity index (χ3n) is 11.8. The van der Waals surface area contributed by atoms with E-state index in [2.05, 4.69) is 15.2 Å². The maximum Gasteiger partial charge on any atom is 0.351 e. The van der Waals surface area contributed by atoms with Gasteiger partial charge in [-0.05, 0) is 73.2 Å². The number of nitrogens with zero attached hydrogens (tertiary/aromatic N) is 5. The standard InChI is InChI=1S/C41H60FN5O11/c1-11-30-41(8,52)36-25(4)32(48)23(2)18-39(6,54-22-28(21-53-36)45-55-20-27-13-14-31(43-19-27)47-16-12-15-44-47)35(26(5)34(50)40(7,42)38(51)57-30)58-37-33(49)29(46(9)10)17-24(3)56-37/h12-16,19,23-26,29-30,33,35-37,49,52H,11,17-18,20-22H2,1-10H3/b45-28+/t23-,24-,25+,26+,29+,30-,33-,35-,36-,37+,39-,40+,41-/m1/s1. The number of Topliss-reactive ketones (excluding diaryl/α,β-unsaturated/α-hetero) is 2. The van der Waals surface area contributed by atoms with Crippen molar-refractivity contribution in [2.24, 2.45) is 22.9 Å². The van der Waals surface area contributed by atoms with Crippen LogP contribution in [0.4, 0.5) is 4.39 Å². The molecule has 0 unspecified atom stereocenters. The Labute approximate surface area is 339 Å². The molecule has 58 heavy (non-hydrogen) atoms. The van der Waals surface area contributed by atoms with Crippen molar-refractivity contribution in [3.63, 3.8) is 0 Å². The first-order valence-electron chi connectivity index (χ1n) is 19.9. The van der Waals surface area contributed by atoms with Crippen molar-refractivity contribution in [3.8, 4) is 5.82 Å². The van der Waals surface area contributed by atoms with Crippen molar-refractivity contribution in [2.45, 2.75) is 141 Å². The van der Waals surface area contributed by atoms with Crippen LogP contribution in [0.2, 0.25) is 0 Å². The van der Waals surface area contributed by atoms with Crippen LogP contribution in [0, 0.1) is 17.8 Å². The molecule has 3 aliphatic rings. The van der Waals surface area contributed by atoms with E-state index in [0.717, 1.165) is 6.92 Å². The number of fused-ring (bicyclic) bond motifs is 5. The molecule has 2 bridgehead atoms. The van der Waals surface area contributed by atoms with Gasteiger partial charge in [-0.25, -0.2) is 18.9 Å². The molecule has 322 valence electrons. The molecule has 0 amide bonds.